The third-order valence-corrected chi connectivity index (χ3v) is 4.54. The zero-order valence-electron chi connectivity index (χ0n) is 14.6. The van der Waals surface area contributed by atoms with Gasteiger partial charge in [-0.15, -0.1) is 0 Å². The monoisotopic (exact) mass is 339 g/mol. The predicted octanol–water partition coefficient (Wildman–Crippen LogP) is 3.53. The molecule has 2 aromatic rings. The molecular formula is C20H25N3O2. The topological polar surface area (TPSA) is 54.5 Å². The van der Waals surface area contributed by atoms with Gasteiger partial charge in [0.25, 0.3) is 0 Å². The van der Waals surface area contributed by atoms with Crippen LogP contribution in [0.25, 0.3) is 0 Å². The van der Waals surface area contributed by atoms with Crippen molar-refractivity contribution >= 4 is 6.03 Å². The molecule has 0 saturated carbocycles. The van der Waals surface area contributed by atoms with E-state index in [0.29, 0.717) is 13.1 Å². The molecule has 1 aromatic heterocycles. The number of nitrogens with one attached hydrogen (secondary N) is 1. The molecule has 0 bridgehead atoms. The Morgan fingerprint density at radius 1 is 1.28 bits per heavy atom. The summed E-state index contributed by atoms with van der Waals surface area (Å²) in [6, 6.07) is 15.6. The fourth-order valence-corrected chi connectivity index (χ4v) is 3.06. The van der Waals surface area contributed by atoms with E-state index in [4.69, 9.17) is 4.74 Å². The molecule has 2 amide bonds. The van der Waals surface area contributed by atoms with Gasteiger partial charge in [0.05, 0.1) is 17.8 Å². The molecule has 1 saturated heterocycles. The van der Waals surface area contributed by atoms with Crippen molar-refractivity contribution in [1.82, 2.24) is 15.2 Å². The summed E-state index contributed by atoms with van der Waals surface area (Å²) < 4.78 is 5.60. The Labute approximate surface area is 149 Å². The van der Waals surface area contributed by atoms with E-state index >= 15 is 0 Å². The number of carbonyl (C=O) groups excluding carboxylic acids is 1. The van der Waals surface area contributed by atoms with Crippen LogP contribution in [0.4, 0.5) is 4.79 Å². The molecule has 3 rings (SSSR count). The molecule has 5 heteroatoms. The predicted molar refractivity (Wildman–Crippen MR) is 97.0 cm³/mol. The molecule has 132 valence electrons. The third-order valence-electron chi connectivity index (χ3n) is 4.54. The van der Waals surface area contributed by atoms with Crippen LogP contribution in [0.5, 0.6) is 0 Å². The summed E-state index contributed by atoms with van der Waals surface area (Å²) in [7, 11) is 0. The Balaban J connectivity index is 1.71. The maximum Gasteiger partial charge on any atom is 0.318 e. The van der Waals surface area contributed by atoms with Crippen LogP contribution in [-0.2, 0) is 11.3 Å². The number of hydrogen-bond donors (Lipinski definition) is 1. The Bertz CT molecular complexity index is 657. The number of ether oxygens (including phenoxy) is 1. The molecule has 2 heterocycles. The van der Waals surface area contributed by atoms with Gasteiger partial charge in [0.1, 0.15) is 0 Å². The molecule has 0 radical (unpaired) electrons. The zero-order chi connectivity index (χ0) is 17.5. The van der Waals surface area contributed by atoms with Crippen LogP contribution in [0.2, 0.25) is 0 Å². The average Bonchev–Trinajstić information content (AvgIpc) is 3.19. The highest BCUT2D eigenvalue weighted by molar-refractivity contribution is 5.74. The summed E-state index contributed by atoms with van der Waals surface area (Å²) in [5.74, 6) is 0. The molecule has 1 aliphatic rings. The van der Waals surface area contributed by atoms with Crippen LogP contribution in [-0.4, -0.2) is 35.2 Å². The van der Waals surface area contributed by atoms with Crippen molar-refractivity contribution < 1.29 is 9.53 Å². The number of nitrogens with zero attached hydrogens (tertiary/aromatic N) is 2. The summed E-state index contributed by atoms with van der Waals surface area (Å²) in [4.78, 5) is 19.1. The summed E-state index contributed by atoms with van der Waals surface area (Å²) >= 11 is 0. The fraction of sp³-hybridized carbons (Fsp3) is 0.400. The molecular weight excluding hydrogens is 314 g/mol. The molecule has 25 heavy (non-hydrogen) atoms. The number of aromatic nitrogens is 1. The zero-order valence-corrected chi connectivity index (χ0v) is 14.6. The number of hydrogen-bond acceptors (Lipinski definition) is 3. The Morgan fingerprint density at radius 3 is 2.76 bits per heavy atom. The molecule has 1 aromatic carbocycles. The second-order valence-corrected chi connectivity index (χ2v) is 6.37. The van der Waals surface area contributed by atoms with Gasteiger partial charge in [0.15, 0.2) is 0 Å². The number of amides is 2. The van der Waals surface area contributed by atoms with E-state index in [1.165, 1.54) is 0 Å². The van der Waals surface area contributed by atoms with Crippen molar-refractivity contribution in [2.45, 2.75) is 38.5 Å². The van der Waals surface area contributed by atoms with Gasteiger partial charge in [0.2, 0.25) is 0 Å². The molecule has 2 atom stereocenters. The smallest absolute Gasteiger partial charge is 0.318 e. The molecule has 1 fully saturated rings. The first-order valence-corrected chi connectivity index (χ1v) is 8.85. The Hall–Kier alpha value is -2.40. The molecule has 1 aliphatic heterocycles. The maximum absolute atomic E-state index is 12.9. The van der Waals surface area contributed by atoms with E-state index in [2.05, 4.69) is 10.3 Å². The van der Waals surface area contributed by atoms with Gasteiger partial charge < -0.3 is 15.0 Å². The van der Waals surface area contributed by atoms with Crippen LogP contribution in [0.3, 0.4) is 0 Å². The number of rotatable bonds is 6. The van der Waals surface area contributed by atoms with Crippen molar-refractivity contribution in [3.05, 3.63) is 66.0 Å². The first kappa shape index (κ1) is 17.4. The lowest BCUT2D eigenvalue weighted by molar-refractivity contribution is 0.107. The van der Waals surface area contributed by atoms with Crippen molar-refractivity contribution in [3.63, 3.8) is 0 Å². The quantitative estimate of drug-likeness (QED) is 0.876. The van der Waals surface area contributed by atoms with Gasteiger partial charge in [-0.05, 0) is 37.5 Å². The van der Waals surface area contributed by atoms with Gasteiger partial charge in [-0.25, -0.2) is 4.79 Å². The van der Waals surface area contributed by atoms with Crippen molar-refractivity contribution in [3.8, 4) is 0 Å². The molecule has 0 unspecified atom stereocenters. The van der Waals surface area contributed by atoms with Gasteiger partial charge in [-0.2, -0.15) is 0 Å². The lowest BCUT2D eigenvalue weighted by Crippen LogP contribution is -2.43. The van der Waals surface area contributed by atoms with Crippen LogP contribution >= 0.6 is 0 Å². The SMILES string of the molecule is C[C@@H](c1ccccn1)N(Cc1ccccc1)C(=O)NC[C@H]1CCCO1. The second kappa shape index (κ2) is 8.62. The molecule has 0 aliphatic carbocycles. The maximum atomic E-state index is 12.9. The van der Waals surface area contributed by atoms with Gasteiger partial charge in [0, 0.05) is 25.9 Å². The minimum Gasteiger partial charge on any atom is -0.376 e. The van der Waals surface area contributed by atoms with Crippen LogP contribution < -0.4 is 5.32 Å². The fourth-order valence-electron chi connectivity index (χ4n) is 3.06. The Morgan fingerprint density at radius 2 is 2.08 bits per heavy atom. The lowest BCUT2D eigenvalue weighted by Gasteiger charge is -2.29. The van der Waals surface area contributed by atoms with Gasteiger partial charge >= 0.3 is 6.03 Å². The van der Waals surface area contributed by atoms with Crippen molar-refractivity contribution in [2.75, 3.05) is 13.2 Å². The van der Waals surface area contributed by atoms with E-state index < -0.39 is 0 Å². The average molecular weight is 339 g/mol. The summed E-state index contributed by atoms with van der Waals surface area (Å²) in [6.45, 7) is 3.89. The molecule has 0 spiro atoms. The van der Waals surface area contributed by atoms with Crippen molar-refractivity contribution in [1.29, 1.82) is 0 Å². The van der Waals surface area contributed by atoms with E-state index in [1.54, 1.807) is 6.20 Å². The van der Waals surface area contributed by atoms with Gasteiger partial charge in [-0.1, -0.05) is 36.4 Å². The third kappa shape index (κ3) is 4.79. The van der Waals surface area contributed by atoms with E-state index in [9.17, 15) is 4.79 Å². The van der Waals surface area contributed by atoms with E-state index in [0.717, 1.165) is 30.7 Å². The number of carbonyl (C=O) groups is 1. The highest BCUT2D eigenvalue weighted by atomic mass is 16.5. The van der Waals surface area contributed by atoms with Crippen LogP contribution in [0.1, 0.15) is 37.1 Å². The minimum absolute atomic E-state index is 0.0856. The second-order valence-electron chi connectivity index (χ2n) is 6.37. The molecule has 1 N–H and O–H groups in total. The summed E-state index contributed by atoms with van der Waals surface area (Å²) in [6.07, 6.45) is 3.97. The normalized spacial score (nSPS) is 17.9. The van der Waals surface area contributed by atoms with E-state index in [-0.39, 0.29) is 18.2 Å². The summed E-state index contributed by atoms with van der Waals surface area (Å²) in [5.41, 5.74) is 1.98. The number of pyridine rings is 1. The van der Waals surface area contributed by atoms with E-state index in [1.807, 2.05) is 60.4 Å². The van der Waals surface area contributed by atoms with Crippen molar-refractivity contribution in [2.24, 2.45) is 0 Å². The Kier molecular flexibility index (Phi) is 6.01. The number of urea groups is 1. The van der Waals surface area contributed by atoms with Crippen LogP contribution in [0.15, 0.2) is 54.7 Å². The standard InChI is InChI=1S/C20H25N3O2/c1-16(19-11-5-6-12-21-19)23(15-17-8-3-2-4-9-17)20(24)22-14-18-10-7-13-25-18/h2-6,8-9,11-12,16,18H,7,10,13-15H2,1H3,(H,22,24)/t16-,18+/m0/s1. The summed E-state index contributed by atoms with van der Waals surface area (Å²) in [5, 5.41) is 3.03. The minimum atomic E-state index is -0.120. The molecule has 5 nitrogen and oxygen atoms in total. The first-order valence-electron chi connectivity index (χ1n) is 8.85. The highest BCUT2D eigenvalue weighted by Crippen LogP contribution is 2.21. The largest absolute Gasteiger partial charge is 0.376 e. The highest BCUT2D eigenvalue weighted by Gasteiger charge is 2.24. The lowest BCUT2D eigenvalue weighted by atomic mass is 10.1. The number of benzene rings is 1. The van der Waals surface area contributed by atoms with Crippen LogP contribution in [0, 0.1) is 0 Å². The first-order chi connectivity index (χ1) is 12.2. The van der Waals surface area contributed by atoms with Gasteiger partial charge in [-0.3, -0.25) is 4.98 Å².